The first-order chi connectivity index (χ1) is 9.90. The number of carbonyl (C=O) groups is 1. The molecule has 0 fully saturated rings. The Hall–Kier alpha value is -1.71. The Morgan fingerprint density at radius 2 is 1.81 bits per heavy atom. The summed E-state index contributed by atoms with van der Waals surface area (Å²) in [5.41, 5.74) is 1.79. The average molecular weight is 324 g/mol. The SMILES string of the molecule is CC(c1cccc(Cl)c1)N(C)c1cc(Cl)ccc1C(=O)O. The average Bonchev–Trinajstić information content (AvgIpc) is 2.45. The number of benzene rings is 2. The molecule has 0 saturated carbocycles. The fourth-order valence-electron chi connectivity index (χ4n) is 2.18. The first-order valence-corrected chi connectivity index (χ1v) is 7.17. The Bertz CT molecular complexity index is 673. The molecule has 0 radical (unpaired) electrons. The van der Waals surface area contributed by atoms with Crippen molar-refractivity contribution >= 4 is 34.9 Å². The molecule has 0 aromatic heterocycles. The molecular formula is C16H15Cl2NO2. The lowest BCUT2D eigenvalue weighted by Crippen LogP contribution is -2.23. The quantitative estimate of drug-likeness (QED) is 0.870. The number of rotatable bonds is 4. The molecule has 0 spiro atoms. The summed E-state index contributed by atoms with van der Waals surface area (Å²) in [5.74, 6) is -0.980. The van der Waals surface area contributed by atoms with Crippen molar-refractivity contribution in [2.75, 3.05) is 11.9 Å². The fourth-order valence-corrected chi connectivity index (χ4v) is 2.54. The Morgan fingerprint density at radius 3 is 2.43 bits per heavy atom. The number of carboxylic acids is 1. The summed E-state index contributed by atoms with van der Waals surface area (Å²) in [4.78, 5) is 13.2. The third-order valence-electron chi connectivity index (χ3n) is 3.48. The van der Waals surface area contributed by atoms with E-state index in [2.05, 4.69) is 0 Å². The van der Waals surface area contributed by atoms with E-state index in [0.717, 1.165) is 5.56 Å². The Balaban J connectivity index is 2.41. The lowest BCUT2D eigenvalue weighted by atomic mass is 10.1. The smallest absolute Gasteiger partial charge is 0.337 e. The van der Waals surface area contributed by atoms with Crippen LogP contribution >= 0.6 is 23.2 Å². The van der Waals surface area contributed by atoms with Crippen LogP contribution in [0, 0.1) is 0 Å². The first-order valence-electron chi connectivity index (χ1n) is 6.41. The van der Waals surface area contributed by atoms with E-state index in [1.54, 1.807) is 18.2 Å². The van der Waals surface area contributed by atoms with Gasteiger partial charge in [0.25, 0.3) is 0 Å². The summed E-state index contributed by atoms with van der Waals surface area (Å²) in [6, 6.07) is 12.2. The zero-order valence-corrected chi connectivity index (χ0v) is 13.2. The molecule has 0 aliphatic heterocycles. The van der Waals surface area contributed by atoms with Gasteiger partial charge in [-0.15, -0.1) is 0 Å². The van der Waals surface area contributed by atoms with Crippen LogP contribution in [0.2, 0.25) is 10.0 Å². The number of nitrogens with zero attached hydrogens (tertiary/aromatic N) is 1. The van der Waals surface area contributed by atoms with Crippen molar-refractivity contribution in [3.63, 3.8) is 0 Å². The summed E-state index contributed by atoms with van der Waals surface area (Å²) < 4.78 is 0. The summed E-state index contributed by atoms with van der Waals surface area (Å²) in [6.45, 7) is 1.98. The highest BCUT2D eigenvalue weighted by Gasteiger charge is 2.19. The van der Waals surface area contributed by atoms with Gasteiger partial charge in [-0.25, -0.2) is 4.79 Å². The van der Waals surface area contributed by atoms with Crippen molar-refractivity contribution in [2.24, 2.45) is 0 Å². The summed E-state index contributed by atoms with van der Waals surface area (Å²) in [6.07, 6.45) is 0. The van der Waals surface area contributed by atoms with Crippen LogP contribution in [-0.4, -0.2) is 18.1 Å². The fraction of sp³-hybridized carbons (Fsp3) is 0.188. The lowest BCUT2D eigenvalue weighted by Gasteiger charge is -2.29. The number of halogens is 2. The molecule has 5 heteroatoms. The molecule has 3 nitrogen and oxygen atoms in total. The van der Waals surface area contributed by atoms with E-state index in [0.29, 0.717) is 15.7 Å². The predicted molar refractivity (Wildman–Crippen MR) is 86.7 cm³/mol. The minimum absolute atomic E-state index is 0.0414. The highest BCUT2D eigenvalue weighted by Crippen LogP contribution is 2.31. The molecule has 0 aliphatic rings. The lowest BCUT2D eigenvalue weighted by molar-refractivity contribution is 0.0697. The molecule has 0 aliphatic carbocycles. The maximum absolute atomic E-state index is 11.4. The predicted octanol–water partition coefficient (Wildman–Crippen LogP) is 4.89. The number of hydrogen-bond donors (Lipinski definition) is 1. The van der Waals surface area contributed by atoms with Gasteiger partial charge in [0, 0.05) is 17.1 Å². The third-order valence-corrected chi connectivity index (χ3v) is 3.95. The molecular weight excluding hydrogens is 309 g/mol. The van der Waals surface area contributed by atoms with Gasteiger partial charge >= 0.3 is 5.97 Å². The Kier molecular flexibility index (Phi) is 4.76. The highest BCUT2D eigenvalue weighted by molar-refractivity contribution is 6.31. The first kappa shape index (κ1) is 15.7. The van der Waals surface area contributed by atoms with Gasteiger partial charge in [0.2, 0.25) is 0 Å². The van der Waals surface area contributed by atoms with Gasteiger partial charge in [0.15, 0.2) is 0 Å². The van der Waals surface area contributed by atoms with E-state index in [9.17, 15) is 9.90 Å². The van der Waals surface area contributed by atoms with Gasteiger partial charge in [-0.3, -0.25) is 0 Å². The Morgan fingerprint density at radius 1 is 1.14 bits per heavy atom. The molecule has 2 rings (SSSR count). The summed E-state index contributed by atoms with van der Waals surface area (Å²) in [5, 5.41) is 10.5. The van der Waals surface area contributed by atoms with Gasteiger partial charge in [0.05, 0.1) is 17.3 Å². The minimum atomic E-state index is -0.980. The molecule has 2 aromatic rings. The molecule has 110 valence electrons. The monoisotopic (exact) mass is 323 g/mol. The van der Waals surface area contributed by atoms with Crippen molar-refractivity contribution in [3.8, 4) is 0 Å². The van der Waals surface area contributed by atoms with E-state index in [1.807, 2.05) is 37.1 Å². The summed E-state index contributed by atoms with van der Waals surface area (Å²) in [7, 11) is 1.84. The van der Waals surface area contributed by atoms with Gasteiger partial charge in [-0.1, -0.05) is 35.3 Å². The van der Waals surface area contributed by atoms with Gasteiger partial charge in [0.1, 0.15) is 0 Å². The van der Waals surface area contributed by atoms with Crippen LogP contribution in [0.5, 0.6) is 0 Å². The van der Waals surface area contributed by atoms with E-state index < -0.39 is 5.97 Å². The standard InChI is InChI=1S/C16H15Cl2NO2/c1-10(11-4-3-5-12(17)8-11)19(2)15-9-13(18)6-7-14(15)16(20)21/h3-10H,1-2H3,(H,20,21). The molecule has 1 atom stereocenters. The van der Waals surface area contributed by atoms with Crippen LogP contribution in [0.4, 0.5) is 5.69 Å². The zero-order valence-electron chi connectivity index (χ0n) is 11.7. The van der Waals surface area contributed by atoms with E-state index in [1.165, 1.54) is 6.07 Å². The van der Waals surface area contributed by atoms with Crippen molar-refractivity contribution < 1.29 is 9.90 Å². The molecule has 0 heterocycles. The molecule has 2 aromatic carbocycles. The van der Waals surface area contributed by atoms with Crippen LogP contribution in [-0.2, 0) is 0 Å². The van der Waals surface area contributed by atoms with Crippen LogP contribution in [0.25, 0.3) is 0 Å². The maximum atomic E-state index is 11.4. The van der Waals surface area contributed by atoms with E-state index in [4.69, 9.17) is 23.2 Å². The van der Waals surface area contributed by atoms with Crippen LogP contribution in [0.15, 0.2) is 42.5 Å². The van der Waals surface area contributed by atoms with Gasteiger partial charge in [-0.05, 0) is 42.8 Å². The van der Waals surface area contributed by atoms with Crippen LogP contribution < -0.4 is 4.90 Å². The van der Waals surface area contributed by atoms with Gasteiger partial charge < -0.3 is 10.0 Å². The molecule has 0 amide bonds. The third kappa shape index (κ3) is 3.49. The van der Waals surface area contributed by atoms with Crippen LogP contribution in [0.1, 0.15) is 28.9 Å². The van der Waals surface area contributed by atoms with Crippen LogP contribution in [0.3, 0.4) is 0 Å². The maximum Gasteiger partial charge on any atom is 0.337 e. The topological polar surface area (TPSA) is 40.5 Å². The van der Waals surface area contributed by atoms with E-state index >= 15 is 0 Å². The molecule has 0 bridgehead atoms. The largest absolute Gasteiger partial charge is 0.478 e. The second-order valence-electron chi connectivity index (χ2n) is 4.81. The number of carboxylic acid groups (broad SMARTS) is 1. The van der Waals surface area contributed by atoms with Gasteiger partial charge in [-0.2, -0.15) is 0 Å². The zero-order chi connectivity index (χ0) is 15.6. The summed E-state index contributed by atoms with van der Waals surface area (Å²) >= 11 is 12.0. The molecule has 1 unspecified atom stereocenters. The normalized spacial score (nSPS) is 12.0. The van der Waals surface area contributed by atoms with Crippen molar-refractivity contribution in [2.45, 2.75) is 13.0 Å². The Labute approximate surface area is 133 Å². The number of aromatic carboxylic acids is 1. The molecule has 0 saturated heterocycles. The van der Waals surface area contributed by atoms with Crippen molar-refractivity contribution in [1.82, 2.24) is 0 Å². The molecule has 1 N–H and O–H groups in total. The van der Waals surface area contributed by atoms with Crippen molar-refractivity contribution in [1.29, 1.82) is 0 Å². The number of hydrogen-bond acceptors (Lipinski definition) is 2. The van der Waals surface area contributed by atoms with E-state index in [-0.39, 0.29) is 11.6 Å². The second kappa shape index (κ2) is 6.37. The minimum Gasteiger partial charge on any atom is -0.478 e. The molecule has 21 heavy (non-hydrogen) atoms. The second-order valence-corrected chi connectivity index (χ2v) is 5.68. The number of anilines is 1. The van der Waals surface area contributed by atoms with Crippen molar-refractivity contribution in [3.05, 3.63) is 63.6 Å². The highest BCUT2D eigenvalue weighted by atomic mass is 35.5.